The van der Waals surface area contributed by atoms with Gasteiger partial charge in [0, 0.05) is 24.9 Å². The number of likely N-dealkylation sites (tertiary alicyclic amines) is 1. The van der Waals surface area contributed by atoms with Crippen LogP contribution >= 0.6 is 11.5 Å². The van der Waals surface area contributed by atoms with Crippen molar-refractivity contribution in [2.75, 3.05) is 24.7 Å². The number of hydrogen-bond acceptors (Lipinski definition) is 6. The van der Waals surface area contributed by atoms with E-state index < -0.39 is 33.3 Å². The van der Waals surface area contributed by atoms with E-state index in [-0.39, 0.29) is 29.5 Å². The lowest BCUT2D eigenvalue weighted by molar-refractivity contribution is 0.151. The molecule has 2 amide bonds. The standard InChI is InChI=1S/C22H21F3N4O3S2/c1-13-3-5-15(10-16(13)23)22(20-26-12-27-33-20)7-8-29(11-22)21(30)28-17-9-14(19(24)25)4-6-18(17)34(2,31)32/h3-6,9-10,12,19H,7-8,11H2,1-2H3,(H,28,30). The molecule has 0 radical (unpaired) electrons. The number of nitrogens with zero attached hydrogens (tertiary/aromatic N) is 3. The number of alkyl halides is 2. The summed E-state index contributed by atoms with van der Waals surface area (Å²) in [7, 11) is -3.79. The Balaban J connectivity index is 1.66. The van der Waals surface area contributed by atoms with E-state index >= 15 is 0 Å². The molecule has 7 nitrogen and oxygen atoms in total. The first-order valence-electron chi connectivity index (χ1n) is 10.2. The molecule has 1 N–H and O–H groups in total. The summed E-state index contributed by atoms with van der Waals surface area (Å²) >= 11 is 1.15. The van der Waals surface area contributed by atoms with Crippen LogP contribution < -0.4 is 5.32 Å². The average Bonchev–Trinajstić information content (AvgIpc) is 3.45. The van der Waals surface area contributed by atoms with Gasteiger partial charge in [0.1, 0.15) is 17.2 Å². The Morgan fingerprint density at radius 3 is 2.62 bits per heavy atom. The second kappa shape index (κ2) is 8.99. The van der Waals surface area contributed by atoms with Crippen LogP contribution in [0.3, 0.4) is 0 Å². The van der Waals surface area contributed by atoms with Gasteiger partial charge in [-0.05, 0) is 54.2 Å². The summed E-state index contributed by atoms with van der Waals surface area (Å²) in [6.45, 7) is 2.03. The van der Waals surface area contributed by atoms with Crippen LogP contribution in [0.4, 0.5) is 23.7 Å². The topological polar surface area (TPSA) is 92.3 Å². The van der Waals surface area contributed by atoms with Crippen molar-refractivity contribution in [2.45, 2.75) is 30.1 Å². The molecule has 3 aromatic rings. The molecule has 4 rings (SSSR count). The summed E-state index contributed by atoms with van der Waals surface area (Å²) < 4.78 is 69.2. The average molecular weight is 511 g/mol. The molecule has 0 saturated carbocycles. The Morgan fingerprint density at radius 2 is 2.00 bits per heavy atom. The molecule has 2 aromatic carbocycles. The summed E-state index contributed by atoms with van der Waals surface area (Å²) in [5.41, 5.74) is -0.324. The van der Waals surface area contributed by atoms with Crippen LogP contribution in [-0.2, 0) is 15.3 Å². The molecule has 1 saturated heterocycles. The maximum Gasteiger partial charge on any atom is 0.321 e. The summed E-state index contributed by atoms with van der Waals surface area (Å²) in [5.74, 6) is -0.383. The predicted molar refractivity (Wildman–Crippen MR) is 122 cm³/mol. The van der Waals surface area contributed by atoms with Crippen molar-refractivity contribution in [2.24, 2.45) is 0 Å². The lowest BCUT2D eigenvalue weighted by Gasteiger charge is -2.28. The summed E-state index contributed by atoms with van der Waals surface area (Å²) in [4.78, 5) is 18.6. The summed E-state index contributed by atoms with van der Waals surface area (Å²) in [5, 5.41) is 3.09. The second-order valence-corrected chi connectivity index (χ2v) is 11.0. The minimum Gasteiger partial charge on any atom is -0.323 e. The van der Waals surface area contributed by atoms with Gasteiger partial charge in [-0.25, -0.2) is 31.4 Å². The van der Waals surface area contributed by atoms with Gasteiger partial charge in [-0.3, -0.25) is 0 Å². The molecule has 1 fully saturated rings. The van der Waals surface area contributed by atoms with Crippen molar-refractivity contribution in [3.8, 4) is 0 Å². The SMILES string of the molecule is Cc1ccc(C2(c3ncns3)CCN(C(=O)Nc3cc(C(F)F)ccc3S(C)(=O)=O)C2)cc1F. The Hall–Kier alpha value is -2.99. The minimum atomic E-state index is -3.79. The van der Waals surface area contributed by atoms with Crippen LogP contribution in [0.1, 0.15) is 34.5 Å². The third-order valence-corrected chi connectivity index (χ3v) is 7.97. The largest absolute Gasteiger partial charge is 0.323 e. The van der Waals surface area contributed by atoms with Gasteiger partial charge in [0.05, 0.1) is 16.0 Å². The number of carbonyl (C=O) groups is 1. The highest BCUT2D eigenvalue weighted by Crippen LogP contribution is 2.42. The maximum absolute atomic E-state index is 14.4. The molecule has 0 spiro atoms. The van der Waals surface area contributed by atoms with Gasteiger partial charge in [-0.1, -0.05) is 18.2 Å². The first kappa shape index (κ1) is 24.1. The number of nitrogens with one attached hydrogen (secondary N) is 1. The molecule has 0 aliphatic carbocycles. The van der Waals surface area contributed by atoms with Crippen LogP contribution in [0.15, 0.2) is 47.6 Å². The number of aromatic nitrogens is 2. The number of benzene rings is 2. The van der Waals surface area contributed by atoms with Crippen molar-refractivity contribution >= 4 is 33.1 Å². The van der Waals surface area contributed by atoms with Crippen LogP contribution in [0.2, 0.25) is 0 Å². The van der Waals surface area contributed by atoms with Gasteiger partial charge in [-0.2, -0.15) is 4.37 Å². The molecule has 12 heteroatoms. The van der Waals surface area contributed by atoms with Gasteiger partial charge in [-0.15, -0.1) is 0 Å². The first-order chi connectivity index (χ1) is 16.0. The molecule has 1 aliphatic heterocycles. The number of carbonyl (C=O) groups excluding carboxylic acids is 1. The quantitative estimate of drug-likeness (QED) is 0.544. The van der Waals surface area contributed by atoms with E-state index in [4.69, 9.17) is 0 Å². The molecule has 1 aliphatic rings. The molecule has 2 heterocycles. The number of hydrogen-bond donors (Lipinski definition) is 1. The van der Waals surface area contributed by atoms with Crippen LogP contribution in [0.5, 0.6) is 0 Å². The number of aryl methyl sites for hydroxylation is 1. The molecule has 0 bridgehead atoms. The molecule has 1 unspecified atom stereocenters. The van der Waals surface area contributed by atoms with E-state index in [9.17, 15) is 26.4 Å². The van der Waals surface area contributed by atoms with Crippen molar-refractivity contribution < 1.29 is 26.4 Å². The fraction of sp³-hybridized carbons (Fsp3) is 0.318. The Labute approximate surface area is 198 Å². The number of halogens is 3. The summed E-state index contributed by atoms with van der Waals surface area (Å²) in [6.07, 6.45) is -0.0859. The first-order valence-corrected chi connectivity index (χ1v) is 12.9. The van der Waals surface area contributed by atoms with Gasteiger partial charge < -0.3 is 10.2 Å². The number of sulfone groups is 1. The Kier molecular flexibility index (Phi) is 6.38. The van der Waals surface area contributed by atoms with E-state index in [0.29, 0.717) is 22.6 Å². The smallest absolute Gasteiger partial charge is 0.321 e. The number of amides is 2. The van der Waals surface area contributed by atoms with Gasteiger partial charge in [0.15, 0.2) is 9.84 Å². The maximum atomic E-state index is 14.4. The van der Waals surface area contributed by atoms with E-state index in [1.807, 2.05) is 0 Å². The Bertz CT molecular complexity index is 1330. The molecular formula is C22H21F3N4O3S2. The van der Waals surface area contributed by atoms with Crippen molar-refractivity contribution in [3.63, 3.8) is 0 Å². The van der Waals surface area contributed by atoms with Gasteiger partial charge >= 0.3 is 6.03 Å². The summed E-state index contributed by atoms with van der Waals surface area (Å²) in [6, 6.07) is 7.24. The fourth-order valence-corrected chi connectivity index (χ4v) is 5.66. The van der Waals surface area contributed by atoms with Gasteiger partial charge in [0.2, 0.25) is 0 Å². The Morgan fingerprint density at radius 1 is 1.24 bits per heavy atom. The van der Waals surface area contributed by atoms with Crippen molar-refractivity contribution in [1.29, 1.82) is 0 Å². The number of urea groups is 1. The van der Waals surface area contributed by atoms with E-state index in [0.717, 1.165) is 36.0 Å². The fourth-order valence-electron chi connectivity index (χ4n) is 4.09. The molecule has 1 aromatic heterocycles. The second-order valence-electron chi connectivity index (χ2n) is 8.22. The van der Waals surface area contributed by atoms with E-state index in [1.165, 1.54) is 17.3 Å². The predicted octanol–water partition coefficient (Wildman–Crippen LogP) is 4.55. The van der Waals surface area contributed by atoms with Gasteiger partial charge in [0.25, 0.3) is 6.43 Å². The molecule has 1 atom stereocenters. The van der Waals surface area contributed by atoms with E-state index in [2.05, 4.69) is 14.7 Å². The monoisotopic (exact) mass is 510 g/mol. The molecule has 180 valence electrons. The molecular weight excluding hydrogens is 489 g/mol. The number of anilines is 1. The highest BCUT2D eigenvalue weighted by molar-refractivity contribution is 7.90. The normalized spacial score (nSPS) is 18.5. The van der Waals surface area contributed by atoms with E-state index in [1.54, 1.807) is 19.1 Å². The zero-order valence-corrected chi connectivity index (χ0v) is 19.9. The van der Waals surface area contributed by atoms with Crippen LogP contribution in [-0.4, -0.2) is 48.1 Å². The van der Waals surface area contributed by atoms with Crippen molar-refractivity contribution in [1.82, 2.24) is 14.3 Å². The third kappa shape index (κ3) is 4.51. The number of rotatable bonds is 5. The van der Waals surface area contributed by atoms with Crippen LogP contribution in [0, 0.1) is 12.7 Å². The third-order valence-electron chi connectivity index (χ3n) is 5.95. The van der Waals surface area contributed by atoms with Crippen molar-refractivity contribution in [3.05, 3.63) is 70.2 Å². The van der Waals surface area contributed by atoms with Crippen LogP contribution in [0.25, 0.3) is 0 Å². The highest BCUT2D eigenvalue weighted by Gasteiger charge is 2.45. The molecule has 34 heavy (non-hydrogen) atoms. The zero-order valence-electron chi connectivity index (χ0n) is 18.3. The lowest BCUT2D eigenvalue weighted by atomic mass is 9.80. The lowest BCUT2D eigenvalue weighted by Crippen LogP contribution is -2.38. The highest BCUT2D eigenvalue weighted by atomic mass is 32.2. The zero-order chi connectivity index (χ0) is 24.7. The minimum absolute atomic E-state index is 0.124.